The molecule has 5 heteroatoms. The maximum atomic E-state index is 14.5. The van der Waals surface area contributed by atoms with E-state index in [-0.39, 0.29) is 18.7 Å². The van der Waals surface area contributed by atoms with Crippen LogP contribution in [0.3, 0.4) is 0 Å². The molecule has 3 nitrogen and oxygen atoms in total. The van der Waals surface area contributed by atoms with Crippen LogP contribution in [0.2, 0.25) is 0 Å². The molecule has 1 N–H and O–H groups in total. The molecular weight excluding hydrogens is 322 g/mol. The van der Waals surface area contributed by atoms with Gasteiger partial charge in [-0.2, -0.15) is 0 Å². The average molecular weight is 348 g/mol. The van der Waals surface area contributed by atoms with Crippen molar-refractivity contribution in [3.8, 4) is 0 Å². The second-order valence-electron chi connectivity index (χ2n) is 7.36. The van der Waals surface area contributed by atoms with E-state index in [2.05, 4.69) is 13.2 Å². The van der Waals surface area contributed by atoms with Gasteiger partial charge >= 0.3 is 0 Å². The van der Waals surface area contributed by atoms with Crippen LogP contribution < -0.4 is 0 Å². The molecule has 2 heterocycles. The molecule has 0 radical (unpaired) electrons. The van der Waals surface area contributed by atoms with E-state index in [0.29, 0.717) is 17.7 Å². The molecular formula is C20H26F2N2O. The van der Waals surface area contributed by atoms with E-state index in [9.17, 15) is 13.9 Å². The summed E-state index contributed by atoms with van der Waals surface area (Å²) in [5.41, 5.74) is 1.39. The third-order valence-electron chi connectivity index (χ3n) is 5.52. The number of halogens is 2. The van der Waals surface area contributed by atoms with Gasteiger partial charge in [0.25, 0.3) is 0 Å². The SMILES string of the molecule is C=C(C)C1=C(O)C2(C)CCCN2N(CC2C=CCCC(F)=C2F)C1=C. The summed E-state index contributed by atoms with van der Waals surface area (Å²) in [5.74, 6) is -1.74. The predicted molar refractivity (Wildman–Crippen MR) is 95.8 cm³/mol. The summed E-state index contributed by atoms with van der Waals surface area (Å²) < 4.78 is 28.4. The molecule has 0 saturated carbocycles. The van der Waals surface area contributed by atoms with Gasteiger partial charge in [0.1, 0.15) is 17.4 Å². The Morgan fingerprint density at radius 2 is 2.16 bits per heavy atom. The van der Waals surface area contributed by atoms with Crippen molar-refractivity contribution < 1.29 is 13.9 Å². The zero-order chi connectivity index (χ0) is 18.4. The van der Waals surface area contributed by atoms with Crippen molar-refractivity contribution >= 4 is 0 Å². The third kappa shape index (κ3) is 2.84. The van der Waals surface area contributed by atoms with Crippen molar-refractivity contribution in [2.45, 2.75) is 45.1 Å². The fraction of sp³-hybridized carbons (Fsp3) is 0.500. The molecule has 2 aliphatic heterocycles. The first-order valence-electron chi connectivity index (χ1n) is 8.82. The highest BCUT2D eigenvalue weighted by Crippen LogP contribution is 2.46. The number of rotatable bonds is 3. The van der Waals surface area contributed by atoms with E-state index < -0.39 is 23.1 Å². The number of hydrazine groups is 1. The van der Waals surface area contributed by atoms with Crippen molar-refractivity contribution in [1.82, 2.24) is 10.0 Å². The molecule has 1 aliphatic carbocycles. The van der Waals surface area contributed by atoms with Crippen molar-refractivity contribution in [3.05, 3.63) is 59.6 Å². The Morgan fingerprint density at radius 3 is 2.84 bits per heavy atom. The molecule has 136 valence electrons. The van der Waals surface area contributed by atoms with Gasteiger partial charge in [-0.05, 0) is 38.7 Å². The first-order valence-corrected chi connectivity index (χ1v) is 8.82. The molecule has 0 bridgehead atoms. The normalized spacial score (nSPS) is 30.8. The Hall–Kier alpha value is -1.88. The number of allylic oxidation sites excluding steroid dienone is 3. The Labute approximate surface area is 148 Å². The number of fused-ring (bicyclic) bond motifs is 1. The zero-order valence-electron chi connectivity index (χ0n) is 15.0. The molecule has 0 aromatic heterocycles. The van der Waals surface area contributed by atoms with E-state index in [1.807, 2.05) is 29.9 Å². The third-order valence-corrected chi connectivity index (χ3v) is 5.52. The average Bonchev–Trinajstić information content (AvgIpc) is 2.88. The Bertz CT molecular complexity index is 706. The Balaban J connectivity index is 2.00. The second kappa shape index (κ2) is 6.45. The molecule has 0 aromatic carbocycles. The van der Waals surface area contributed by atoms with Crippen molar-refractivity contribution in [2.24, 2.45) is 5.92 Å². The van der Waals surface area contributed by atoms with Gasteiger partial charge in [0, 0.05) is 25.1 Å². The highest BCUT2D eigenvalue weighted by Gasteiger charge is 2.49. The van der Waals surface area contributed by atoms with Gasteiger partial charge in [-0.15, -0.1) is 0 Å². The highest BCUT2D eigenvalue weighted by atomic mass is 19.2. The fourth-order valence-corrected chi connectivity index (χ4v) is 4.12. The largest absolute Gasteiger partial charge is 0.510 e. The number of aliphatic hydroxyl groups excluding tert-OH is 1. The maximum Gasteiger partial charge on any atom is 0.140 e. The lowest BCUT2D eigenvalue weighted by molar-refractivity contribution is -0.0641. The number of nitrogens with zero attached hydrogens (tertiary/aromatic N) is 2. The number of hydrogen-bond acceptors (Lipinski definition) is 3. The van der Waals surface area contributed by atoms with E-state index in [1.165, 1.54) is 0 Å². The second-order valence-corrected chi connectivity index (χ2v) is 7.36. The van der Waals surface area contributed by atoms with Crippen LogP contribution in [0.4, 0.5) is 8.78 Å². The molecule has 1 saturated heterocycles. The van der Waals surface area contributed by atoms with Crippen LogP contribution in [0.5, 0.6) is 0 Å². The monoisotopic (exact) mass is 348 g/mol. The van der Waals surface area contributed by atoms with E-state index >= 15 is 0 Å². The zero-order valence-corrected chi connectivity index (χ0v) is 15.0. The van der Waals surface area contributed by atoms with Crippen LogP contribution in [-0.2, 0) is 0 Å². The summed E-state index contributed by atoms with van der Waals surface area (Å²) >= 11 is 0. The van der Waals surface area contributed by atoms with Crippen LogP contribution >= 0.6 is 0 Å². The van der Waals surface area contributed by atoms with Gasteiger partial charge in [-0.25, -0.2) is 13.8 Å². The van der Waals surface area contributed by atoms with Gasteiger partial charge in [0.15, 0.2) is 0 Å². The van der Waals surface area contributed by atoms with Crippen LogP contribution in [0, 0.1) is 5.92 Å². The highest BCUT2D eigenvalue weighted by molar-refractivity contribution is 5.49. The van der Waals surface area contributed by atoms with Gasteiger partial charge < -0.3 is 10.1 Å². The molecule has 0 amide bonds. The number of aliphatic hydroxyl groups is 1. The van der Waals surface area contributed by atoms with Gasteiger partial charge in [0.05, 0.1) is 17.2 Å². The first-order chi connectivity index (χ1) is 11.8. The summed E-state index contributed by atoms with van der Waals surface area (Å²) in [6.07, 6.45) is 5.91. The summed E-state index contributed by atoms with van der Waals surface area (Å²) in [6, 6.07) is 0. The standard InChI is InChI=1S/C20H26F2N2O/c1-13(2)17-14(3)23(24-11-7-10-20(24,4)19(17)25)12-15-8-5-6-9-16(21)18(15)22/h5,8,15,25H,1,3,6-7,9-12H2,2,4H3. The quantitative estimate of drug-likeness (QED) is 0.720. The minimum Gasteiger partial charge on any atom is -0.510 e. The fourth-order valence-electron chi connectivity index (χ4n) is 4.12. The minimum atomic E-state index is -0.696. The lowest BCUT2D eigenvalue weighted by Crippen LogP contribution is -2.57. The molecule has 0 aromatic rings. The molecule has 2 unspecified atom stereocenters. The number of hydrogen-bond donors (Lipinski definition) is 1. The van der Waals surface area contributed by atoms with Gasteiger partial charge in [-0.1, -0.05) is 25.3 Å². The maximum absolute atomic E-state index is 14.5. The summed E-state index contributed by atoms with van der Waals surface area (Å²) in [6.45, 7) is 12.9. The molecule has 2 atom stereocenters. The summed E-state index contributed by atoms with van der Waals surface area (Å²) in [7, 11) is 0. The first kappa shape index (κ1) is 17.9. The topological polar surface area (TPSA) is 26.7 Å². The minimum absolute atomic E-state index is 0.110. The smallest absolute Gasteiger partial charge is 0.140 e. The van der Waals surface area contributed by atoms with Crippen LogP contribution in [0.1, 0.15) is 39.5 Å². The Morgan fingerprint density at radius 1 is 1.44 bits per heavy atom. The van der Waals surface area contributed by atoms with E-state index in [0.717, 1.165) is 25.0 Å². The lowest BCUT2D eigenvalue weighted by atomic mass is 9.87. The van der Waals surface area contributed by atoms with Crippen molar-refractivity contribution in [2.75, 3.05) is 13.1 Å². The molecule has 25 heavy (non-hydrogen) atoms. The molecule has 1 fully saturated rings. The molecule has 3 rings (SSSR count). The summed E-state index contributed by atoms with van der Waals surface area (Å²) in [5, 5.41) is 14.8. The van der Waals surface area contributed by atoms with Gasteiger partial charge in [-0.3, -0.25) is 0 Å². The molecule has 0 spiro atoms. The van der Waals surface area contributed by atoms with E-state index in [4.69, 9.17) is 0 Å². The summed E-state index contributed by atoms with van der Waals surface area (Å²) in [4.78, 5) is 0. The van der Waals surface area contributed by atoms with Crippen LogP contribution in [0.15, 0.2) is 59.6 Å². The lowest BCUT2D eigenvalue weighted by Gasteiger charge is -2.50. The van der Waals surface area contributed by atoms with Crippen LogP contribution in [0.25, 0.3) is 0 Å². The van der Waals surface area contributed by atoms with Crippen molar-refractivity contribution in [3.63, 3.8) is 0 Å². The molecule has 3 aliphatic rings. The Kier molecular flexibility index (Phi) is 4.62. The van der Waals surface area contributed by atoms with Crippen molar-refractivity contribution in [1.29, 1.82) is 0 Å². The predicted octanol–water partition coefficient (Wildman–Crippen LogP) is 5.09. The van der Waals surface area contributed by atoms with Crippen LogP contribution in [-0.4, -0.2) is 33.8 Å². The van der Waals surface area contributed by atoms with Gasteiger partial charge in [0.2, 0.25) is 0 Å². The van der Waals surface area contributed by atoms with E-state index in [1.54, 1.807) is 6.08 Å².